The van der Waals surface area contributed by atoms with Crippen LogP contribution in [0.3, 0.4) is 0 Å². The van der Waals surface area contributed by atoms with Crippen LogP contribution in [-0.2, 0) is 0 Å². The molecule has 88 valence electrons. The maximum atomic E-state index is 3.45. The molecular formula is C15H20Si2. The topological polar surface area (TPSA) is 0 Å². The summed E-state index contributed by atoms with van der Waals surface area (Å²) < 4.78 is 0. The monoisotopic (exact) mass is 256 g/mol. The lowest BCUT2D eigenvalue weighted by molar-refractivity contribution is 1.65. The van der Waals surface area contributed by atoms with Crippen LogP contribution in [0.4, 0.5) is 0 Å². The van der Waals surface area contributed by atoms with Gasteiger partial charge in [-0.25, -0.2) is 0 Å². The van der Waals surface area contributed by atoms with Crippen LogP contribution in [0.5, 0.6) is 0 Å². The predicted octanol–water partition coefficient (Wildman–Crippen LogP) is 3.71. The lowest BCUT2D eigenvalue weighted by Gasteiger charge is -2.29. The lowest BCUT2D eigenvalue weighted by atomic mass is 10.2. The standard InChI is InChI=1S/C15H20Si2/c1-16(2,3)17(4,5)14-10-9-13-15-11-7-6-8-12-15/h6-8,11-12H,1-5H3. The molecule has 2 heteroatoms. The highest BCUT2D eigenvalue weighted by molar-refractivity contribution is 7.43. The van der Waals surface area contributed by atoms with Gasteiger partial charge in [0.15, 0.2) is 0 Å². The Balaban J connectivity index is 2.80. The van der Waals surface area contributed by atoms with Gasteiger partial charge in [0.2, 0.25) is 0 Å². The molecule has 0 amide bonds. The third-order valence-corrected chi connectivity index (χ3v) is 19.4. The van der Waals surface area contributed by atoms with Crippen molar-refractivity contribution in [3.63, 3.8) is 0 Å². The Morgan fingerprint density at radius 1 is 0.824 bits per heavy atom. The molecule has 0 atom stereocenters. The average molecular weight is 256 g/mol. The van der Waals surface area contributed by atoms with Crippen molar-refractivity contribution in [2.45, 2.75) is 32.7 Å². The second kappa shape index (κ2) is 5.40. The molecule has 0 heterocycles. The Morgan fingerprint density at radius 2 is 1.41 bits per heavy atom. The van der Waals surface area contributed by atoms with E-state index in [4.69, 9.17) is 0 Å². The van der Waals surface area contributed by atoms with E-state index in [1.165, 1.54) is 0 Å². The molecule has 0 aromatic heterocycles. The minimum Gasteiger partial charge on any atom is -0.121 e. The minimum atomic E-state index is -1.37. The van der Waals surface area contributed by atoms with Crippen LogP contribution in [0.2, 0.25) is 32.7 Å². The molecule has 0 saturated heterocycles. The molecule has 0 aliphatic carbocycles. The van der Waals surface area contributed by atoms with Gasteiger partial charge in [0.1, 0.15) is 7.59 Å². The summed E-state index contributed by atoms with van der Waals surface area (Å²) in [5, 5.41) is 0. The molecule has 0 saturated carbocycles. The van der Waals surface area contributed by atoms with E-state index in [0.29, 0.717) is 0 Å². The highest BCUT2D eigenvalue weighted by atomic mass is 29.3. The molecule has 0 aliphatic rings. The van der Waals surface area contributed by atoms with Crippen molar-refractivity contribution in [1.82, 2.24) is 0 Å². The van der Waals surface area contributed by atoms with Crippen LogP contribution in [0.1, 0.15) is 5.56 Å². The van der Waals surface area contributed by atoms with Crippen molar-refractivity contribution < 1.29 is 0 Å². The summed E-state index contributed by atoms with van der Waals surface area (Å²) in [6.45, 7) is 11.9. The summed E-state index contributed by atoms with van der Waals surface area (Å²) in [6.07, 6.45) is 0. The van der Waals surface area contributed by atoms with Crippen molar-refractivity contribution in [2.75, 3.05) is 0 Å². The van der Waals surface area contributed by atoms with Crippen LogP contribution in [-0.4, -0.2) is 15.2 Å². The lowest BCUT2D eigenvalue weighted by Crippen LogP contribution is -2.51. The van der Waals surface area contributed by atoms with E-state index in [9.17, 15) is 0 Å². The average Bonchev–Trinajstić information content (AvgIpc) is 2.24. The highest BCUT2D eigenvalue weighted by Gasteiger charge is 2.35. The van der Waals surface area contributed by atoms with E-state index in [2.05, 4.69) is 56.0 Å². The minimum absolute atomic E-state index is 1.04. The van der Waals surface area contributed by atoms with E-state index in [1.54, 1.807) is 0 Å². The van der Waals surface area contributed by atoms with Gasteiger partial charge in [0.25, 0.3) is 0 Å². The first-order valence-electron chi connectivity index (χ1n) is 5.91. The molecule has 17 heavy (non-hydrogen) atoms. The van der Waals surface area contributed by atoms with Crippen molar-refractivity contribution in [2.24, 2.45) is 0 Å². The zero-order valence-electron chi connectivity index (χ0n) is 11.4. The highest BCUT2D eigenvalue weighted by Crippen LogP contribution is 2.17. The van der Waals surface area contributed by atoms with Crippen molar-refractivity contribution in [3.8, 4) is 23.3 Å². The summed E-state index contributed by atoms with van der Waals surface area (Å²) >= 11 is 0. The van der Waals surface area contributed by atoms with Gasteiger partial charge in [-0.15, -0.1) is 5.54 Å². The van der Waals surface area contributed by atoms with Gasteiger partial charge in [-0.3, -0.25) is 0 Å². The quantitative estimate of drug-likeness (QED) is 0.531. The Labute approximate surface area is 107 Å². The maximum Gasteiger partial charge on any atom is 0.124 e. The summed E-state index contributed by atoms with van der Waals surface area (Å²) in [7, 11) is -2.48. The largest absolute Gasteiger partial charge is 0.124 e. The molecule has 0 bridgehead atoms. The molecule has 0 fully saturated rings. The fraction of sp³-hybridized carbons (Fsp3) is 0.333. The fourth-order valence-corrected chi connectivity index (χ4v) is 3.06. The van der Waals surface area contributed by atoms with E-state index < -0.39 is 15.2 Å². The van der Waals surface area contributed by atoms with Crippen LogP contribution in [0.15, 0.2) is 30.3 Å². The summed E-state index contributed by atoms with van der Waals surface area (Å²) in [5.74, 6) is 9.12. The van der Waals surface area contributed by atoms with Crippen LogP contribution in [0, 0.1) is 23.3 Å². The second-order valence-corrected chi connectivity index (χ2v) is 22.0. The number of hydrogen-bond donors (Lipinski definition) is 0. The molecule has 1 rings (SSSR count). The smallest absolute Gasteiger partial charge is 0.121 e. The van der Waals surface area contributed by atoms with Gasteiger partial charge in [-0.1, -0.05) is 56.9 Å². The van der Waals surface area contributed by atoms with E-state index >= 15 is 0 Å². The maximum absolute atomic E-state index is 3.45. The molecule has 0 radical (unpaired) electrons. The van der Waals surface area contributed by atoms with Gasteiger partial charge < -0.3 is 0 Å². The summed E-state index contributed by atoms with van der Waals surface area (Å²) in [5.41, 5.74) is 4.48. The van der Waals surface area contributed by atoms with Crippen LogP contribution >= 0.6 is 0 Å². The summed E-state index contributed by atoms with van der Waals surface area (Å²) in [6, 6.07) is 10.0. The Kier molecular flexibility index (Phi) is 4.40. The first kappa shape index (κ1) is 13.8. The molecule has 0 nitrogen and oxygen atoms in total. The van der Waals surface area contributed by atoms with E-state index in [0.717, 1.165) is 5.56 Å². The van der Waals surface area contributed by atoms with Crippen molar-refractivity contribution >= 4 is 15.2 Å². The molecule has 1 aromatic carbocycles. The predicted molar refractivity (Wildman–Crippen MR) is 81.9 cm³/mol. The molecule has 0 N–H and O–H groups in total. The Morgan fingerprint density at radius 3 is 1.94 bits per heavy atom. The molecular weight excluding hydrogens is 236 g/mol. The van der Waals surface area contributed by atoms with Crippen molar-refractivity contribution in [1.29, 1.82) is 0 Å². The molecule has 1 aromatic rings. The van der Waals surface area contributed by atoms with Gasteiger partial charge in [0.05, 0.1) is 7.59 Å². The normalized spacial score (nSPS) is 10.9. The zero-order chi connectivity index (χ0) is 12.9. The van der Waals surface area contributed by atoms with Crippen LogP contribution in [0.25, 0.3) is 0 Å². The van der Waals surface area contributed by atoms with E-state index in [-0.39, 0.29) is 0 Å². The SMILES string of the molecule is C[Si](C)(C)[Si](C)(C)C#CC#Cc1ccccc1. The van der Waals surface area contributed by atoms with Crippen LogP contribution < -0.4 is 0 Å². The first-order chi connectivity index (χ1) is 7.83. The number of benzene rings is 1. The molecule has 0 aliphatic heterocycles. The van der Waals surface area contributed by atoms with Gasteiger partial charge in [-0.2, -0.15) is 0 Å². The third-order valence-electron chi connectivity index (χ3n) is 3.29. The summed E-state index contributed by atoms with van der Waals surface area (Å²) in [4.78, 5) is 0. The Bertz CT molecular complexity index is 485. The third kappa shape index (κ3) is 4.27. The number of hydrogen-bond acceptors (Lipinski definition) is 0. The van der Waals surface area contributed by atoms with Gasteiger partial charge in [-0.05, 0) is 24.0 Å². The number of rotatable bonds is 1. The zero-order valence-corrected chi connectivity index (χ0v) is 13.4. The fourth-order valence-electron chi connectivity index (χ4n) is 1.000. The molecule has 0 spiro atoms. The molecule has 0 unspecified atom stereocenters. The van der Waals surface area contributed by atoms with Gasteiger partial charge in [0, 0.05) is 5.56 Å². The van der Waals surface area contributed by atoms with E-state index in [1.807, 2.05) is 30.3 Å². The first-order valence-corrected chi connectivity index (χ1v) is 13.4. The Hall–Kier alpha value is -1.23. The second-order valence-electron chi connectivity index (χ2n) is 5.74. The van der Waals surface area contributed by atoms with Gasteiger partial charge >= 0.3 is 0 Å². The van der Waals surface area contributed by atoms with Crippen molar-refractivity contribution in [3.05, 3.63) is 35.9 Å².